The van der Waals surface area contributed by atoms with Crippen molar-refractivity contribution in [1.82, 2.24) is 4.90 Å². The van der Waals surface area contributed by atoms with Crippen LogP contribution in [-0.2, 0) is 16.4 Å². The number of carbonyl (C=O) groups is 1. The van der Waals surface area contributed by atoms with Crippen molar-refractivity contribution < 1.29 is 26.8 Å². The van der Waals surface area contributed by atoms with Crippen molar-refractivity contribution in [2.75, 3.05) is 18.1 Å². The van der Waals surface area contributed by atoms with E-state index in [1.807, 2.05) is 0 Å². The Morgan fingerprint density at radius 2 is 1.82 bits per heavy atom. The van der Waals surface area contributed by atoms with E-state index < -0.39 is 15.9 Å². The third-order valence-electron chi connectivity index (χ3n) is 5.89. The molecule has 1 saturated heterocycles. The average Bonchev–Trinajstić information content (AvgIpc) is 3.44. The quantitative estimate of drug-likeness (QED) is 0.395. The average molecular weight is 486 g/mol. The van der Waals surface area contributed by atoms with Crippen molar-refractivity contribution in [3.63, 3.8) is 0 Å². The van der Waals surface area contributed by atoms with Crippen LogP contribution in [0.5, 0.6) is 5.75 Å². The Bertz CT molecular complexity index is 1220. The summed E-state index contributed by atoms with van der Waals surface area (Å²) < 4.78 is 49.1. The van der Waals surface area contributed by atoms with Gasteiger partial charge in [0.2, 0.25) is 0 Å². The van der Waals surface area contributed by atoms with Crippen molar-refractivity contribution in [2.45, 2.75) is 38.8 Å². The lowest BCUT2D eigenvalue weighted by molar-refractivity contribution is 0.0666. The van der Waals surface area contributed by atoms with Crippen molar-refractivity contribution in [3.05, 3.63) is 77.8 Å². The zero-order valence-corrected chi connectivity index (χ0v) is 19.9. The Morgan fingerprint density at radius 3 is 2.47 bits per heavy atom. The molecule has 0 N–H and O–H groups in total. The van der Waals surface area contributed by atoms with E-state index >= 15 is 0 Å². The second-order valence-electron chi connectivity index (χ2n) is 8.49. The highest BCUT2D eigenvalue weighted by molar-refractivity contribution is 7.91. The monoisotopic (exact) mass is 485 g/mol. The van der Waals surface area contributed by atoms with Gasteiger partial charge in [-0.25, -0.2) is 12.8 Å². The lowest BCUT2D eigenvalue weighted by Crippen LogP contribution is -2.40. The van der Waals surface area contributed by atoms with E-state index in [9.17, 15) is 17.6 Å². The molecule has 0 aliphatic carbocycles. The van der Waals surface area contributed by atoms with Crippen LogP contribution in [-0.4, -0.2) is 43.4 Å². The number of rotatable bonds is 9. The standard InChI is InChI=1S/C26H28FNO5S/c1-2-3-15-32-23-10-6-20(7-11-23)26(29)28(22-14-16-34(30,31)18-22)17-24-12-13-25(33-24)19-4-8-21(27)9-5-19/h4-13,22H,2-3,14-18H2,1H3. The summed E-state index contributed by atoms with van der Waals surface area (Å²) in [6.07, 6.45) is 2.37. The molecule has 2 heterocycles. The van der Waals surface area contributed by atoms with Gasteiger partial charge in [0, 0.05) is 17.2 Å². The van der Waals surface area contributed by atoms with Crippen molar-refractivity contribution >= 4 is 15.7 Å². The first-order valence-corrected chi connectivity index (χ1v) is 13.3. The molecular formula is C26H28FNO5S. The molecule has 34 heavy (non-hydrogen) atoms. The van der Waals surface area contributed by atoms with Gasteiger partial charge in [-0.3, -0.25) is 4.79 Å². The third kappa shape index (κ3) is 5.86. The Kier molecular flexibility index (Phi) is 7.36. The number of furan rings is 1. The second-order valence-corrected chi connectivity index (χ2v) is 10.7. The maximum Gasteiger partial charge on any atom is 0.254 e. The first kappa shape index (κ1) is 24.0. The molecule has 0 radical (unpaired) electrons. The van der Waals surface area contributed by atoms with Crippen molar-refractivity contribution in [2.24, 2.45) is 0 Å². The van der Waals surface area contributed by atoms with E-state index in [4.69, 9.17) is 9.15 Å². The molecule has 1 aromatic heterocycles. The van der Waals surface area contributed by atoms with Gasteiger partial charge in [0.05, 0.1) is 24.7 Å². The first-order chi connectivity index (χ1) is 16.3. The number of halogens is 1. The third-order valence-corrected chi connectivity index (χ3v) is 7.64. The van der Waals surface area contributed by atoms with Crippen LogP contribution in [0, 0.1) is 5.82 Å². The van der Waals surface area contributed by atoms with Gasteiger partial charge in [0.25, 0.3) is 5.91 Å². The molecule has 6 nitrogen and oxygen atoms in total. The smallest absolute Gasteiger partial charge is 0.254 e. The maximum atomic E-state index is 13.4. The Morgan fingerprint density at radius 1 is 1.09 bits per heavy atom. The van der Waals surface area contributed by atoms with Gasteiger partial charge in [-0.1, -0.05) is 13.3 Å². The highest BCUT2D eigenvalue weighted by Crippen LogP contribution is 2.27. The fourth-order valence-electron chi connectivity index (χ4n) is 3.98. The Hall–Kier alpha value is -3.13. The lowest BCUT2D eigenvalue weighted by atomic mass is 10.1. The molecule has 1 aliphatic rings. The maximum absolute atomic E-state index is 13.4. The molecule has 8 heteroatoms. The number of hydrogen-bond donors (Lipinski definition) is 0. The van der Waals surface area contributed by atoms with Crippen LogP contribution in [0.3, 0.4) is 0 Å². The molecule has 1 atom stereocenters. The molecule has 1 aliphatic heterocycles. The molecular weight excluding hydrogens is 457 g/mol. The van der Waals surface area contributed by atoms with Gasteiger partial charge < -0.3 is 14.1 Å². The van der Waals surface area contributed by atoms with Crippen molar-refractivity contribution in [3.8, 4) is 17.1 Å². The number of sulfone groups is 1. The second kappa shape index (κ2) is 10.4. The summed E-state index contributed by atoms with van der Waals surface area (Å²) >= 11 is 0. The Balaban J connectivity index is 1.54. The topological polar surface area (TPSA) is 76.8 Å². The molecule has 3 aromatic rings. The summed E-state index contributed by atoms with van der Waals surface area (Å²) in [5.41, 5.74) is 1.17. The predicted octanol–water partition coefficient (Wildman–Crippen LogP) is 5.09. The normalized spacial score (nSPS) is 16.9. The minimum atomic E-state index is -3.19. The van der Waals surface area contributed by atoms with E-state index in [1.54, 1.807) is 53.4 Å². The summed E-state index contributed by atoms with van der Waals surface area (Å²) in [6, 6.07) is 15.9. The first-order valence-electron chi connectivity index (χ1n) is 11.4. The van der Waals surface area contributed by atoms with E-state index in [1.165, 1.54) is 12.1 Å². The molecule has 0 saturated carbocycles. The number of carbonyl (C=O) groups excluding carboxylic acids is 1. The zero-order chi connectivity index (χ0) is 24.1. The SMILES string of the molecule is CCCCOc1ccc(C(=O)N(Cc2ccc(-c3ccc(F)cc3)o2)C2CCS(=O)(=O)C2)cc1. The van der Waals surface area contributed by atoms with E-state index in [2.05, 4.69) is 6.92 Å². The zero-order valence-electron chi connectivity index (χ0n) is 19.1. The minimum Gasteiger partial charge on any atom is -0.494 e. The summed E-state index contributed by atoms with van der Waals surface area (Å²) in [6.45, 7) is 2.84. The van der Waals surface area contributed by atoms with Gasteiger partial charge in [-0.2, -0.15) is 0 Å². The number of amides is 1. The molecule has 1 amide bonds. The molecule has 1 fully saturated rings. The summed E-state index contributed by atoms with van der Waals surface area (Å²) in [7, 11) is -3.19. The summed E-state index contributed by atoms with van der Waals surface area (Å²) in [5, 5.41) is 0. The number of hydrogen-bond acceptors (Lipinski definition) is 5. The highest BCUT2D eigenvalue weighted by Gasteiger charge is 2.35. The molecule has 0 spiro atoms. The van der Waals surface area contributed by atoms with Gasteiger partial charge in [-0.15, -0.1) is 0 Å². The van der Waals surface area contributed by atoms with Crippen LogP contribution >= 0.6 is 0 Å². The fraction of sp³-hybridized carbons (Fsp3) is 0.346. The highest BCUT2D eigenvalue weighted by atomic mass is 32.2. The van der Waals surface area contributed by atoms with Crippen LogP contribution in [0.4, 0.5) is 4.39 Å². The molecule has 4 rings (SSSR count). The van der Waals surface area contributed by atoms with E-state index in [-0.39, 0.29) is 29.8 Å². The minimum absolute atomic E-state index is 0.0602. The van der Waals surface area contributed by atoms with Crippen LogP contribution < -0.4 is 4.74 Å². The lowest BCUT2D eigenvalue weighted by Gasteiger charge is -2.27. The van der Waals surface area contributed by atoms with E-state index in [0.29, 0.717) is 41.4 Å². The molecule has 180 valence electrons. The summed E-state index contributed by atoms with van der Waals surface area (Å²) in [4.78, 5) is 15.0. The van der Waals surface area contributed by atoms with Crippen LogP contribution in [0.2, 0.25) is 0 Å². The fourth-order valence-corrected chi connectivity index (χ4v) is 5.71. The number of unbranched alkanes of at least 4 members (excludes halogenated alkanes) is 1. The predicted molar refractivity (Wildman–Crippen MR) is 128 cm³/mol. The summed E-state index contributed by atoms with van der Waals surface area (Å²) in [5.74, 6) is 1.16. The molecule has 2 aromatic carbocycles. The van der Waals surface area contributed by atoms with Gasteiger partial charge in [0.1, 0.15) is 23.1 Å². The van der Waals surface area contributed by atoms with Crippen LogP contribution in [0.1, 0.15) is 42.3 Å². The number of benzene rings is 2. The van der Waals surface area contributed by atoms with Gasteiger partial charge in [-0.05, 0) is 73.5 Å². The number of ether oxygens (including phenoxy) is 1. The largest absolute Gasteiger partial charge is 0.494 e. The molecule has 0 bridgehead atoms. The van der Waals surface area contributed by atoms with E-state index in [0.717, 1.165) is 12.8 Å². The number of nitrogens with zero attached hydrogens (tertiary/aromatic N) is 1. The van der Waals surface area contributed by atoms with Gasteiger partial charge >= 0.3 is 0 Å². The van der Waals surface area contributed by atoms with Gasteiger partial charge in [0.15, 0.2) is 9.84 Å². The van der Waals surface area contributed by atoms with Crippen LogP contribution in [0.15, 0.2) is 65.1 Å². The van der Waals surface area contributed by atoms with Crippen molar-refractivity contribution in [1.29, 1.82) is 0 Å². The molecule has 1 unspecified atom stereocenters. The Labute approximate surface area is 199 Å². The van der Waals surface area contributed by atoms with Crippen LogP contribution in [0.25, 0.3) is 11.3 Å².